The topological polar surface area (TPSA) is 79.0 Å². The van der Waals surface area contributed by atoms with Crippen molar-refractivity contribution in [2.75, 3.05) is 32.0 Å². The maximum atomic E-state index is 12.6. The molecule has 1 N–H and O–H groups in total. The standard InChI is InChI=1S/C21H31N3O4/c1-15(25)17-8-10-18(11-9-17)22-19(26)24-12-6-7-16(14-24)13-23(5)20(27)28-21(2,3)4/h8-11,16H,6-7,12-14H2,1-5H3,(H,22,26)/t16-/m0/s1. The van der Waals surface area contributed by atoms with Crippen molar-refractivity contribution >= 4 is 23.6 Å². The van der Waals surface area contributed by atoms with Crippen LogP contribution in [0.25, 0.3) is 0 Å². The number of nitrogens with zero attached hydrogens (tertiary/aromatic N) is 2. The number of anilines is 1. The smallest absolute Gasteiger partial charge is 0.410 e. The van der Waals surface area contributed by atoms with Crippen molar-refractivity contribution in [1.82, 2.24) is 9.80 Å². The number of nitrogens with one attached hydrogen (secondary N) is 1. The molecule has 0 aliphatic carbocycles. The van der Waals surface area contributed by atoms with Crippen molar-refractivity contribution in [2.45, 2.75) is 46.1 Å². The number of urea groups is 1. The lowest BCUT2D eigenvalue weighted by Crippen LogP contribution is -2.46. The normalized spacial score (nSPS) is 17.0. The van der Waals surface area contributed by atoms with E-state index in [-0.39, 0.29) is 23.8 Å². The van der Waals surface area contributed by atoms with Gasteiger partial charge < -0.3 is 19.9 Å². The number of rotatable bonds is 4. The fourth-order valence-corrected chi connectivity index (χ4v) is 3.19. The van der Waals surface area contributed by atoms with E-state index < -0.39 is 5.60 Å². The van der Waals surface area contributed by atoms with Crippen LogP contribution >= 0.6 is 0 Å². The predicted molar refractivity (Wildman–Crippen MR) is 109 cm³/mol. The van der Waals surface area contributed by atoms with E-state index in [1.807, 2.05) is 20.8 Å². The van der Waals surface area contributed by atoms with Gasteiger partial charge in [0.2, 0.25) is 0 Å². The van der Waals surface area contributed by atoms with Crippen LogP contribution in [0.4, 0.5) is 15.3 Å². The summed E-state index contributed by atoms with van der Waals surface area (Å²) >= 11 is 0. The number of hydrogen-bond acceptors (Lipinski definition) is 4. The Morgan fingerprint density at radius 3 is 2.43 bits per heavy atom. The van der Waals surface area contributed by atoms with Crippen molar-refractivity contribution in [3.8, 4) is 0 Å². The number of carbonyl (C=O) groups excluding carboxylic acids is 3. The van der Waals surface area contributed by atoms with Crippen LogP contribution in [0.3, 0.4) is 0 Å². The van der Waals surface area contributed by atoms with Crippen molar-refractivity contribution < 1.29 is 19.1 Å². The van der Waals surface area contributed by atoms with Crippen LogP contribution in [0.2, 0.25) is 0 Å². The Labute approximate surface area is 167 Å². The van der Waals surface area contributed by atoms with Gasteiger partial charge in [-0.1, -0.05) is 0 Å². The van der Waals surface area contributed by atoms with Crippen LogP contribution in [-0.2, 0) is 4.74 Å². The van der Waals surface area contributed by atoms with Gasteiger partial charge in [0.1, 0.15) is 5.60 Å². The number of carbonyl (C=O) groups is 3. The molecule has 1 aromatic rings. The van der Waals surface area contributed by atoms with Gasteiger partial charge in [-0.15, -0.1) is 0 Å². The number of Topliss-reactive ketones (excluding diaryl/α,β-unsaturated/α-hetero) is 1. The zero-order chi connectivity index (χ0) is 20.9. The highest BCUT2D eigenvalue weighted by Gasteiger charge is 2.27. The SMILES string of the molecule is CC(=O)c1ccc(NC(=O)N2CCC[C@@H](CN(C)C(=O)OC(C)(C)C)C2)cc1. The van der Waals surface area contributed by atoms with E-state index in [2.05, 4.69) is 5.32 Å². The molecule has 154 valence electrons. The Bertz CT molecular complexity index is 709. The Morgan fingerprint density at radius 1 is 1.21 bits per heavy atom. The molecule has 1 aromatic carbocycles. The van der Waals surface area contributed by atoms with Crippen molar-refractivity contribution in [2.24, 2.45) is 5.92 Å². The maximum absolute atomic E-state index is 12.6. The molecule has 7 heteroatoms. The lowest BCUT2D eigenvalue weighted by atomic mass is 9.98. The number of benzene rings is 1. The molecule has 0 spiro atoms. The van der Waals surface area contributed by atoms with Gasteiger partial charge in [0.05, 0.1) is 0 Å². The van der Waals surface area contributed by atoms with E-state index in [1.165, 1.54) is 6.92 Å². The zero-order valence-corrected chi connectivity index (χ0v) is 17.4. The summed E-state index contributed by atoms with van der Waals surface area (Å²) in [6.45, 7) is 8.85. The number of ketones is 1. The molecule has 0 bridgehead atoms. The molecular formula is C21H31N3O4. The summed E-state index contributed by atoms with van der Waals surface area (Å²) in [6, 6.07) is 6.69. The van der Waals surface area contributed by atoms with E-state index >= 15 is 0 Å². The van der Waals surface area contributed by atoms with Gasteiger partial charge in [0, 0.05) is 37.9 Å². The molecule has 28 heavy (non-hydrogen) atoms. The van der Waals surface area contributed by atoms with Crippen LogP contribution in [-0.4, -0.2) is 60.0 Å². The molecule has 3 amide bonds. The molecule has 1 atom stereocenters. The molecule has 0 aromatic heterocycles. The van der Waals surface area contributed by atoms with E-state index in [4.69, 9.17) is 4.74 Å². The summed E-state index contributed by atoms with van der Waals surface area (Å²) in [5.41, 5.74) is 0.742. The van der Waals surface area contributed by atoms with Gasteiger partial charge in [0.15, 0.2) is 5.78 Å². The average molecular weight is 389 g/mol. The lowest BCUT2D eigenvalue weighted by Gasteiger charge is -2.35. The van der Waals surface area contributed by atoms with Crippen LogP contribution in [0, 0.1) is 5.92 Å². The average Bonchev–Trinajstić information content (AvgIpc) is 2.61. The quantitative estimate of drug-likeness (QED) is 0.790. The van der Waals surface area contributed by atoms with E-state index in [9.17, 15) is 14.4 Å². The summed E-state index contributed by atoms with van der Waals surface area (Å²) in [5.74, 6) is 0.197. The van der Waals surface area contributed by atoms with Gasteiger partial charge in [0.25, 0.3) is 0 Å². The third kappa shape index (κ3) is 6.55. The summed E-state index contributed by atoms with van der Waals surface area (Å²) in [4.78, 5) is 39.4. The third-order valence-electron chi connectivity index (χ3n) is 4.59. The Kier molecular flexibility index (Phi) is 7.05. The number of ether oxygens (including phenoxy) is 1. The second-order valence-corrected chi connectivity index (χ2v) is 8.38. The fraction of sp³-hybridized carbons (Fsp3) is 0.571. The minimum atomic E-state index is -0.526. The second kappa shape index (κ2) is 9.08. The van der Waals surface area contributed by atoms with Crippen molar-refractivity contribution in [3.63, 3.8) is 0 Å². The predicted octanol–water partition coefficient (Wildman–Crippen LogP) is 4.00. The first-order chi connectivity index (χ1) is 13.0. The highest BCUT2D eigenvalue weighted by atomic mass is 16.6. The zero-order valence-electron chi connectivity index (χ0n) is 17.4. The molecule has 7 nitrogen and oxygen atoms in total. The lowest BCUT2D eigenvalue weighted by molar-refractivity contribution is 0.0253. The first-order valence-electron chi connectivity index (χ1n) is 9.66. The summed E-state index contributed by atoms with van der Waals surface area (Å²) in [5, 5.41) is 2.88. The minimum Gasteiger partial charge on any atom is -0.444 e. The molecule has 1 heterocycles. The molecule has 2 rings (SSSR count). The number of amides is 3. The first-order valence-corrected chi connectivity index (χ1v) is 9.66. The fourth-order valence-electron chi connectivity index (χ4n) is 3.19. The molecule has 1 aliphatic rings. The third-order valence-corrected chi connectivity index (χ3v) is 4.59. The summed E-state index contributed by atoms with van der Waals surface area (Å²) < 4.78 is 5.39. The monoisotopic (exact) mass is 389 g/mol. The number of piperidine rings is 1. The van der Waals surface area contributed by atoms with Gasteiger partial charge in [-0.05, 0) is 70.7 Å². The highest BCUT2D eigenvalue weighted by molar-refractivity contribution is 5.95. The molecular weight excluding hydrogens is 358 g/mol. The molecule has 1 aliphatic heterocycles. The Morgan fingerprint density at radius 2 is 1.86 bits per heavy atom. The van der Waals surface area contributed by atoms with E-state index in [0.717, 1.165) is 12.8 Å². The summed E-state index contributed by atoms with van der Waals surface area (Å²) in [6.07, 6.45) is 1.51. The van der Waals surface area contributed by atoms with Gasteiger partial charge in [-0.3, -0.25) is 4.79 Å². The maximum Gasteiger partial charge on any atom is 0.410 e. The summed E-state index contributed by atoms with van der Waals surface area (Å²) in [7, 11) is 1.73. The second-order valence-electron chi connectivity index (χ2n) is 8.38. The number of likely N-dealkylation sites (tertiary alicyclic amines) is 1. The van der Waals surface area contributed by atoms with Crippen LogP contribution < -0.4 is 5.32 Å². The largest absolute Gasteiger partial charge is 0.444 e. The number of hydrogen-bond donors (Lipinski definition) is 1. The van der Waals surface area contributed by atoms with Crippen LogP contribution in [0.15, 0.2) is 24.3 Å². The van der Waals surface area contributed by atoms with Gasteiger partial charge >= 0.3 is 12.1 Å². The van der Waals surface area contributed by atoms with Crippen molar-refractivity contribution in [1.29, 1.82) is 0 Å². The molecule has 0 radical (unpaired) electrons. The highest BCUT2D eigenvalue weighted by Crippen LogP contribution is 2.20. The van der Waals surface area contributed by atoms with E-state index in [1.54, 1.807) is 41.1 Å². The Balaban J connectivity index is 1.88. The molecule has 0 saturated carbocycles. The first kappa shape index (κ1) is 21.7. The van der Waals surface area contributed by atoms with Crippen LogP contribution in [0.1, 0.15) is 50.9 Å². The molecule has 1 fully saturated rings. The van der Waals surface area contributed by atoms with E-state index in [0.29, 0.717) is 30.9 Å². The molecule has 0 unspecified atom stereocenters. The van der Waals surface area contributed by atoms with Gasteiger partial charge in [-0.25, -0.2) is 9.59 Å². The van der Waals surface area contributed by atoms with Gasteiger partial charge in [-0.2, -0.15) is 0 Å². The minimum absolute atomic E-state index is 0.00847. The molecule has 1 saturated heterocycles. The van der Waals surface area contributed by atoms with Crippen LogP contribution in [0.5, 0.6) is 0 Å². The van der Waals surface area contributed by atoms with Crippen molar-refractivity contribution in [3.05, 3.63) is 29.8 Å². The Hall–Kier alpha value is -2.57.